The van der Waals surface area contributed by atoms with Crippen molar-refractivity contribution in [2.45, 2.75) is 13.3 Å². The summed E-state index contributed by atoms with van der Waals surface area (Å²) in [4.78, 5) is 15.9. The van der Waals surface area contributed by atoms with Crippen LogP contribution in [0.2, 0.25) is 0 Å². The summed E-state index contributed by atoms with van der Waals surface area (Å²) in [6.07, 6.45) is 2.61. The highest BCUT2D eigenvalue weighted by molar-refractivity contribution is 9.10. The van der Waals surface area contributed by atoms with Crippen LogP contribution in [0.4, 0.5) is 5.82 Å². The number of hydrogen-bond acceptors (Lipinski definition) is 5. The molecule has 0 saturated heterocycles. The Morgan fingerprint density at radius 3 is 2.81 bits per heavy atom. The van der Waals surface area contributed by atoms with Crippen molar-refractivity contribution in [3.05, 3.63) is 28.5 Å². The monoisotopic (exact) mass is 375 g/mol. The van der Waals surface area contributed by atoms with Crippen molar-refractivity contribution >= 4 is 43.4 Å². The molecule has 0 spiro atoms. The minimum Gasteiger partial charge on any atom is -0.466 e. The van der Waals surface area contributed by atoms with Crippen LogP contribution >= 0.6 is 15.9 Å². The average molecular weight is 376 g/mol. The first-order valence-electron chi connectivity index (χ1n) is 6.10. The second-order valence-corrected chi connectivity index (χ2v) is 7.00. The third-order valence-corrected chi connectivity index (χ3v) is 3.59. The van der Waals surface area contributed by atoms with Crippen molar-refractivity contribution in [3.63, 3.8) is 0 Å². The van der Waals surface area contributed by atoms with Gasteiger partial charge >= 0.3 is 5.97 Å². The van der Waals surface area contributed by atoms with Crippen LogP contribution in [0.1, 0.15) is 12.6 Å². The van der Waals surface area contributed by atoms with Crippen molar-refractivity contribution in [3.8, 4) is 0 Å². The predicted molar refractivity (Wildman–Crippen MR) is 81.7 cm³/mol. The van der Waals surface area contributed by atoms with Gasteiger partial charge in [-0.25, -0.2) is 13.4 Å². The van der Waals surface area contributed by atoms with Gasteiger partial charge in [0.05, 0.1) is 25.0 Å². The van der Waals surface area contributed by atoms with Gasteiger partial charge in [0.25, 0.3) is 0 Å². The highest BCUT2D eigenvalue weighted by Crippen LogP contribution is 2.22. The lowest BCUT2D eigenvalue weighted by molar-refractivity contribution is -0.142. The van der Waals surface area contributed by atoms with E-state index in [1.165, 1.54) is 0 Å². The average Bonchev–Trinajstić information content (AvgIpc) is 2.66. The molecule has 7 nitrogen and oxygen atoms in total. The predicted octanol–water partition coefficient (Wildman–Crippen LogP) is 1.57. The molecule has 114 valence electrons. The number of imidazole rings is 1. The van der Waals surface area contributed by atoms with Gasteiger partial charge in [0, 0.05) is 10.7 Å². The molecule has 0 bridgehead atoms. The molecule has 0 aliphatic heterocycles. The molecule has 0 saturated carbocycles. The van der Waals surface area contributed by atoms with Gasteiger partial charge in [-0.05, 0) is 35.0 Å². The Morgan fingerprint density at radius 1 is 1.48 bits per heavy atom. The Morgan fingerprint density at radius 2 is 2.19 bits per heavy atom. The van der Waals surface area contributed by atoms with Crippen LogP contribution in [0.25, 0.3) is 5.65 Å². The number of rotatable bonds is 5. The van der Waals surface area contributed by atoms with Crippen molar-refractivity contribution in [2.24, 2.45) is 0 Å². The minimum absolute atomic E-state index is 0.106. The van der Waals surface area contributed by atoms with Crippen LogP contribution in [-0.4, -0.2) is 36.6 Å². The number of nitrogens with zero attached hydrogens (tertiary/aromatic N) is 2. The fraction of sp³-hybridized carbons (Fsp3) is 0.333. The fourth-order valence-electron chi connectivity index (χ4n) is 1.82. The van der Waals surface area contributed by atoms with E-state index in [0.29, 0.717) is 11.3 Å². The molecule has 0 atom stereocenters. The van der Waals surface area contributed by atoms with Crippen molar-refractivity contribution in [2.75, 3.05) is 17.6 Å². The smallest absolute Gasteiger partial charge is 0.312 e. The molecule has 1 N–H and O–H groups in total. The standard InChI is InChI=1S/C12H14BrN3O4S/c1-3-20-11(17)6-9-12(15-21(2,18)19)16-7-8(13)4-5-10(16)14-9/h4-5,7,15H,3,6H2,1-2H3. The third kappa shape index (κ3) is 3.94. The van der Waals surface area contributed by atoms with Gasteiger partial charge in [-0.15, -0.1) is 0 Å². The quantitative estimate of drug-likeness (QED) is 0.801. The summed E-state index contributed by atoms with van der Waals surface area (Å²) < 4.78 is 32.6. The van der Waals surface area contributed by atoms with E-state index >= 15 is 0 Å². The molecule has 0 amide bonds. The number of ether oxygens (including phenoxy) is 1. The van der Waals surface area contributed by atoms with Gasteiger partial charge < -0.3 is 4.74 Å². The molecule has 0 aliphatic rings. The third-order valence-electron chi connectivity index (χ3n) is 2.55. The van der Waals surface area contributed by atoms with Gasteiger partial charge in [-0.1, -0.05) is 0 Å². The fourth-order valence-corrected chi connectivity index (χ4v) is 2.73. The number of carbonyl (C=O) groups excluding carboxylic acids is 1. The van der Waals surface area contributed by atoms with Gasteiger partial charge in [0.2, 0.25) is 10.0 Å². The largest absolute Gasteiger partial charge is 0.466 e. The van der Waals surface area contributed by atoms with Crippen LogP contribution in [0, 0.1) is 0 Å². The van der Waals surface area contributed by atoms with Crippen molar-refractivity contribution in [1.29, 1.82) is 0 Å². The van der Waals surface area contributed by atoms with Crippen molar-refractivity contribution in [1.82, 2.24) is 9.38 Å². The summed E-state index contributed by atoms with van der Waals surface area (Å²) >= 11 is 3.31. The van der Waals surface area contributed by atoms with Gasteiger partial charge in [-0.3, -0.25) is 13.9 Å². The molecule has 2 rings (SSSR count). The Kier molecular flexibility index (Phi) is 4.52. The zero-order valence-corrected chi connectivity index (χ0v) is 13.9. The molecular weight excluding hydrogens is 362 g/mol. The van der Waals surface area contributed by atoms with E-state index in [1.807, 2.05) is 0 Å². The highest BCUT2D eigenvalue weighted by atomic mass is 79.9. The lowest BCUT2D eigenvalue weighted by atomic mass is 10.3. The van der Waals surface area contributed by atoms with E-state index in [2.05, 4.69) is 25.6 Å². The number of halogens is 1. The molecule has 21 heavy (non-hydrogen) atoms. The van der Waals surface area contributed by atoms with E-state index in [4.69, 9.17) is 4.74 Å². The summed E-state index contributed by atoms with van der Waals surface area (Å²) in [5.41, 5.74) is 0.848. The van der Waals surface area contributed by atoms with Crippen LogP contribution < -0.4 is 4.72 Å². The molecule has 0 radical (unpaired) electrons. The minimum atomic E-state index is -3.50. The van der Waals surface area contributed by atoms with E-state index in [1.54, 1.807) is 29.7 Å². The first kappa shape index (κ1) is 15.8. The lowest BCUT2D eigenvalue weighted by Crippen LogP contribution is -2.15. The maximum absolute atomic E-state index is 11.6. The number of esters is 1. The van der Waals surface area contributed by atoms with E-state index < -0.39 is 16.0 Å². The number of sulfonamides is 1. The first-order chi connectivity index (χ1) is 9.80. The molecule has 9 heteroatoms. The number of nitrogens with one attached hydrogen (secondary N) is 1. The molecule has 0 fully saturated rings. The number of pyridine rings is 1. The van der Waals surface area contributed by atoms with Crippen LogP contribution in [0.15, 0.2) is 22.8 Å². The number of fused-ring (bicyclic) bond motifs is 1. The van der Waals surface area contributed by atoms with Crippen molar-refractivity contribution < 1.29 is 17.9 Å². The van der Waals surface area contributed by atoms with Gasteiger partial charge in [-0.2, -0.15) is 0 Å². The van der Waals surface area contributed by atoms with E-state index in [0.717, 1.165) is 10.7 Å². The summed E-state index contributed by atoms with van der Waals surface area (Å²) in [6, 6.07) is 3.49. The number of carbonyl (C=O) groups is 1. The Balaban J connectivity index is 2.52. The number of hydrogen-bond donors (Lipinski definition) is 1. The number of anilines is 1. The van der Waals surface area contributed by atoms with E-state index in [-0.39, 0.29) is 18.8 Å². The maximum atomic E-state index is 11.6. The zero-order valence-electron chi connectivity index (χ0n) is 11.5. The number of aromatic nitrogens is 2. The van der Waals surface area contributed by atoms with Gasteiger partial charge in [0.15, 0.2) is 0 Å². The molecule has 2 heterocycles. The summed E-state index contributed by atoms with van der Waals surface area (Å²) in [6.45, 7) is 1.96. The summed E-state index contributed by atoms with van der Waals surface area (Å²) in [5.74, 6) is -0.224. The molecule has 0 unspecified atom stereocenters. The maximum Gasteiger partial charge on any atom is 0.312 e. The first-order valence-corrected chi connectivity index (χ1v) is 8.78. The Hall–Kier alpha value is -1.61. The summed E-state index contributed by atoms with van der Waals surface area (Å²) in [7, 11) is -3.50. The molecule has 0 aliphatic carbocycles. The molecule has 2 aromatic heterocycles. The Bertz CT molecular complexity index is 785. The highest BCUT2D eigenvalue weighted by Gasteiger charge is 2.18. The second-order valence-electron chi connectivity index (χ2n) is 4.34. The summed E-state index contributed by atoms with van der Waals surface area (Å²) in [5, 5.41) is 0. The van der Waals surface area contributed by atoms with Crippen LogP contribution in [-0.2, 0) is 26.0 Å². The molecule has 0 aromatic carbocycles. The molecule has 2 aromatic rings. The van der Waals surface area contributed by atoms with Crippen LogP contribution in [0.3, 0.4) is 0 Å². The molecular formula is C12H14BrN3O4S. The topological polar surface area (TPSA) is 89.8 Å². The van der Waals surface area contributed by atoms with Gasteiger partial charge in [0.1, 0.15) is 11.5 Å². The Labute approximate surface area is 130 Å². The zero-order chi connectivity index (χ0) is 15.6. The normalized spacial score (nSPS) is 11.6. The van der Waals surface area contributed by atoms with E-state index in [9.17, 15) is 13.2 Å². The second kappa shape index (κ2) is 6.02. The SMILES string of the molecule is CCOC(=O)Cc1nc2ccc(Br)cn2c1NS(C)(=O)=O. The van der Waals surface area contributed by atoms with Crippen LogP contribution in [0.5, 0.6) is 0 Å². The lowest BCUT2D eigenvalue weighted by Gasteiger charge is -2.06.